The van der Waals surface area contributed by atoms with Crippen molar-refractivity contribution >= 4 is 40.8 Å². The number of rotatable bonds is 6. The van der Waals surface area contributed by atoms with E-state index in [1.54, 1.807) is 0 Å². The van der Waals surface area contributed by atoms with Crippen molar-refractivity contribution in [3.8, 4) is 0 Å². The lowest BCUT2D eigenvalue weighted by Crippen LogP contribution is -2.41. The average Bonchev–Trinajstić information content (AvgIpc) is 3.00. The minimum Gasteiger partial charge on any atom is -0.400 e. The van der Waals surface area contributed by atoms with E-state index in [2.05, 4.69) is 86.6 Å². The van der Waals surface area contributed by atoms with E-state index in [0.717, 1.165) is 42.9 Å². The second kappa shape index (κ2) is 10.0. The van der Waals surface area contributed by atoms with Gasteiger partial charge in [0.1, 0.15) is 0 Å². The van der Waals surface area contributed by atoms with Crippen molar-refractivity contribution in [1.82, 2.24) is 0 Å². The Balaban J connectivity index is 2.02. The van der Waals surface area contributed by atoms with Crippen molar-refractivity contribution in [1.29, 1.82) is 0 Å². The van der Waals surface area contributed by atoms with E-state index >= 15 is 4.57 Å². The van der Waals surface area contributed by atoms with Gasteiger partial charge in [0.05, 0.1) is 16.9 Å². The lowest BCUT2D eigenvalue weighted by molar-refractivity contribution is 0.00578. The second-order valence-corrected chi connectivity index (χ2v) is 15.2. The average molecular weight is 579 g/mol. The summed E-state index contributed by atoms with van der Waals surface area (Å²) in [7, 11) is -4.04. The first-order valence-corrected chi connectivity index (χ1v) is 15.3. The maximum atomic E-state index is 15.9. The van der Waals surface area contributed by atoms with E-state index in [4.69, 9.17) is 9.31 Å². The largest absolute Gasteiger partial charge is 0.491 e. The predicted molar refractivity (Wildman–Crippen MR) is 161 cm³/mol. The zero-order valence-corrected chi connectivity index (χ0v) is 25.7. The Hall–Kier alpha value is -1.91. The first kappa shape index (κ1) is 28.1. The maximum Gasteiger partial charge on any atom is 0.491 e. The normalized spacial score (nSPS) is 17.6. The van der Waals surface area contributed by atoms with Gasteiger partial charge in [-0.3, -0.25) is 0 Å². The standard InChI is InChI=1S/C31H37BBrO3P/c1-20-14-21(2)17-27(16-20)37(34,28-18-22(3)15-23(4)19-28)29(25-10-12-26(33)13-11-25)24(5)32-35-30(6,7)31(8,9)36-32/h10-19,29H,5H2,1-4,6-9H3. The summed E-state index contributed by atoms with van der Waals surface area (Å²) in [5.41, 5.74) is 4.30. The van der Waals surface area contributed by atoms with Gasteiger partial charge in [0.25, 0.3) is 0 Å². The van der Waals surface area contributed by atoms with Crippen LogP contribution in [0.25, 0.3) is 0 Å². The molecular weight excluding hydrogens is 542 g/mol. The fraction of sp³-hybridized carbons (Fsp3) is 0.355. The second-order valence-electron chi connectivity index (χ2n) is 11.5. The van der Waals surface area contributed by atoms with E-state index in [1.165, 1.54) is 0 Å². The van der Waals surface area contributed by atoms with Crippen LogP contribution in [0.1, 0.15) is 61.2 Å². The highest BCUT2D eigenvalue weighted by molar-refractivity contribution is 9.10. The fourth-order valence-corrected chi connectivity index (χ4v) is 9.08. The molecule has 0 radical (unpaired) electrons. The molecule has 0 aliphatic carbocycles. The highest BCUT2D eigenvalue weighted by Gasteiger charge is 2.55. The van der Waals surface area contributed by atoms with Crippen LogP contribution >= 0.6 is 23.1 Å². The summed E-state index contributed by atoms with van der Waals surface area (Å²) < 4.78 is 29.8. The van der Waals surface area contributed by atoms with Crippen molar-refractivity contribution in [3.05, 3.63) is 105 Å². The van der Waals surface area contributed by atoms with Crippen LogP contribution in [0, 0.1) is 27.7 Å². The summed E-state index contributed by atoms with van der Waals surface area (Å²) in [6, 6.07) is 20.5. The van der Waals surface area contributed by atoms with Gasteiger partial charge >= 0.3 is 7.12 Å². The number of allylic oxidation sites excluding steroid dienone is 1. The minimum atomic E-state index is -3.35. The number of halogens is 1. The summed E-state index contributed by atoms with van der Waals surface area (Å²) in [6.07, 6.45) is 0. The molecule has 1 heterocycles. The molecule has 1 atom stereocenters. The van der Waals surface area contributed by atoms with Gasteiger partial charge in [-0.25, -0.2) is 0 Å². The van der Waals surface area contributed by atoms with E-state index in [9.17, 15) is 0 Å². The molecule has 37 heavy (non-hydrogen) atoms. The number of hydrogen-bond donors (Lipinski definition) is 0. The fourth-order valence-electron chi connectivity index (χ4n) is 5.16. The maximum absolute atomic E-state index is 15.9. The van der Waals surface area contributed by atoms with Crippen molar-refractivity contribution in [2.75, 3.05) is 0 Å². The molecule has 1 unspecified atom stereocenters. The smallest absolute Gasteiger partial charge is 0.400 e. The molecule has 1 saturated heterocycles. The van der Waals surface area contributed by atoms with Crippen molar-refractivity contribution in [2.24, 2.45) is 0 Å². The molecule has 0 spiro atoms. The van der Waals surface area contributed by atoms with Gasteiger partial charge in [-0.1, -0.05) is 62.4 Å². The molecular formula is C31H37BBrO3P. The third kappa shape index (κ3) is 5.34. The van der Waals surface area contributed by atoms with Crippen LogP contribution in [0.5, 0.6) is 0 Å². The monoisotopic (exact) mass is 578 g/mol. The predicted octanol–water partition coefficient (Wildman–Crippen LogP) is 7.93. The molecule has 1 aliphatic heterocycles. The van der Waals surface area contributed by atoms with E-state index < -0.39 is 31.1 Å². The quantitative estimate of drug-likeness (QED) is 0.220. The number of benzene rings is 3. The molecule has 3 aromatic carbocycles. The van der Waals surface area contributed by atoms with Crippen LogP contribution in [0.15, 0.2) is 77.2 Å². The Morgan fingerprint density at radius 2 is 1.16 bits per heavy atom. The summed E-state index contributed by atoms with van der Waals surface area (Å²) in [6.45, 7) is 20.9. The SMILES string of the molecule is C=C(B1OC(C)(C)C(C)(C)O1)C(c1ccc(Br)cc1)P(=O)(c1cc(C)cc(C)c1)c1cc(C)cc(C)c1. The summed E-state index contributed by atoms with van der Waals surface area (Å²) >= 11 is 3.57. The van der Waals surface area contributed by atoms with Crippen molar-refractivity contribution < 1.29 is 13.9 Å². The molecule has 0 bridgehead atoms. The Morgan fingerprint density at radius 1 is 0.784 bits per heavy atom. The molecule has 6 heteroatoms. The molecule has 4 rings (SSSR count). The Morgan fingerprint density at radius 3 is 1.54 bits per heavy atom. The van der Waals surface area contributed by atoms with E-state index in [1.807, 2.05) is 52.0 Å². The topological polar surface area (TPSA) is 35.5 Å². The summed E-state index contributed by atoms with van der Waals surface area (Å²) in [4.78, 5) is 0. The van der Waals surface area contributed by atoms with Crippen LogP contribution in [0.4, 0.5) is 0 Å². The molecule has 3 aromatic rings. The van der Waals surface area contributed by atoms with Gasteiger partial charge in [0.15, 0.2) is 7.14 Å². The number of aryl methyl sites for hydroxylation is 4. The highest BCUT2D eigenvalue weighted by Crippen LogP contribution is 2.61. The van der Waals surface area contributed by atoms with Crippen molar-refractivity contribution in [2.45, 2.75) is 72.3 Å². The van der Waals surface area contributed by atoms with E-state index in [0.29, 0.717) is 5.47 Å². The molecule has 3 nitrogen and oxygen atoms in total. The lowest BCUT2D eigenvalue weighted by atomic mass is 9.75. The van der Waals surface area contributed by atoms with Gasteiger partial charge in [0.2, 0.25) is 0 Å². The zero-order valence-electron chi connectivity index (χ0n) is 23.2. The van der Waals surface area contributed by atoms with Crippen molar-refractivity contribution in [3.63, 3.8) is 0 Å². The Kier molecular flexibility index (Phi) is 7.60. The third-order valence-corrected chi connectivity index (χ3v) is 11.6. The highest BCUT2D eigenvalue weighted by atomic mass is 79.9. The third-order valence-electron chi connectivity index (χ3n) is 7.64. The lowest BCUT2D eigenvalue weighted by Gasteiger charge is -2.32. The molecule has 0 amide bonds. The Bertz CT molecular complexity index is 1280. The van der Waals surface area contributed by atoms with Crippen LogP contribution in [0.2, 0.25) is 0 Å². The molecule has 1 fully saturated rings. The number of hydrogen-bond acceptors (Lipinski definition) is 3. The first-order valence-electron chi connectivity index (χ1n) is 12.7. The van der Waals surface area contributed by atoms with Gasteiger partial charge in [-0.15, -0.1) is 6.58 Å². The minimum absolute atomic E-state index is 0.533. The molecule has 0 saturated carbocycles. The molecule has 1 aliphatic rings. The van der Waals surface area contributed by atoms with Crippen LogP contribution in [-0.2, 0) is 13.9 Å². The van der Waals surface area contributed by atoms with E-state index in [-0.39, 0.29) is 0 Å². The molecule has 0 aromatic heterocycles. The van der Waals surface area contributed by atoms with Gasteiger partial charge in [-0.2, -0.15) is 0 Å². The summed E-state index contributed by atoms with van der Waals surface area (Å²) in [5.74, 6) is 0. The first-order chi connectivity index (χ1) is 17.1. The molecule has 0 N–H and O–H groups in total. The zero-order chi connectivity index (χ0) is 27.3. The van der Waals surface area contributed by atoms with Gasteiger partial charge < -0.3 is 13.9 Å². The van der Waals surface area contributed by atoms with Gasteiger partial charge in [0, 0.05) is 15.1 Å². The van der Waals surface area contributed by atoms with Gasteiger partial charge in [-0.05, 0) is 103 Å². The summed E-state index contributed by atoms with van der Waals surface area (Å²) in [5, 5.41) is 1.64. The van der Waals surface area contributed by atoms with Crippen LogP contribution in [-0.4, -0.2) is 18.3 Å². The van der Waals surface area contributed by atoms with Crippen LogP contribution in [0.3, 0.4) is 0 Å². The van der Waals surface area contributed by atoms with Crippen LogP contribution < -0.4 is 10.6 Å². The Labute approximate surface area is 231 Å². The molecule has 194 valence electrons.